The number of rotatable bonds is 7. The van der Waals surface area contributed by atoms with Crippen molar-refractivity contribution in [1.29, 1.82) is 0 Å². The van der Waals surface area contributed by atoms with Gasteiger partial charge in [-0.15, -0.1) is 0 Å². The molecule has 1 aromatic heterocycles. The summed E-state index contributed by atoms with van der Waals surface area (Å²) in [6, 6.07) is 7.09. The number of nitrogens with zero attached hydrogens (tertiary/aromatic N) is 2. The van der Waals surface area contributed by atoms with Gasteiger partial charge in [0.2, 0.25) is 0 Å². The van der Waals surface area contributed by atoms with E-state index in [2.05, 4.69) is 15.3 Å². The van der Waals surface area contributed by atoms with Gasteiger partial charge in [-0.25, -0.2) is 14.8 Å². The van der Waals surface area contributed by atoms with Gasteiger partial charge in [0.1, 0.15) is 11.6 Å². The van der Waals surface area contributed by atoms with Gasteiger partial charge in [0.05, 0.1) is 11.3 Å². The summed E-state index contributed by atoms with van der Waals surface area (Å²) in [4.78, 5) is 30.7. The van der Waals surface area contributed by atoms with E-state index in [1.54, 1.807) is 26.0 Å². The maximum Gasteiger partial charge on any atom is 0.341 e. The van der Waals surface area contributed by atoms with Crippen LogP contribution in [0.25, 0.3) is 0 Å². The SMILES string of the molecule is Cc1ncc(C(=O)NCCc2ccc(OCC(=O)O)cc2)c(C)n1. The number of hydrogen-bond donors (Lipinski definition) is 2. The third-order valence-electron chi connectivity index (χ3n) is 3.33. The van der Waals surface area contributed by atoms with E-state index in [9.17, 15) is 9.59 Å². The van der Waals surface area contributed by atoms with Gasteiger partial charge >= 0.3 is 5.97 Å². The molecule has 1 aromatic carbocycles. The van der Waals surface area contributed by atoms with Crippen molar-refractivity contribution in [3.8, 4) is 5.75 Å². The van der Waals surface area contributed by atoms with Crippen molar-refractivity contribution in [3.05, 3.63) is 53.1 Å². The minimum absolute atomic E-state index is 0.200. The summed E-state index contributed by atoms with van der Waals surface area (Å²) >= 11 is 0. The first-order chi connectivity index (χ1) is 11.5. The molecule has 2 N–H and O–H groups in total. The number of carboxylic acid groups (broad SMARTS) is 1. The molecule has 0 aliphatic heterocycles. The van der Waals surface area contributed by atoms with Gasteiger partial charge in [0.25, 0.3) is 5.91 Å². The molecule has 0 atom stereocenters. The van der Waals surface area contributed by atoms with Crippen molar-refractivity contribution in [1.82, 2.24) is 15.3 Å². The Kier molecular flexibility index (Phi) is 5.83. The number of carbonyl (C=O) groups is 2. The van der Waals surface area contributed by atoms with Crippen molar-refractivity contribution in [2.45, 2.75) is 20.3 Å². The van der Waals surface area contributed by atoms with Crippen LogP contribution in [0.3, 0.4) is 0 Å². The second-order valence-electron chi connectivity index (χ2n) is 5.25. The van der Waals surface area contributed by atoms with Crippen molar-refractivity contribution in [3.63, 3.8) is 0 Å². The van der Waals surface area contributed by atoms with E-state index in [1.807, 2.05) is 12.1 Å². The zero-order chi connectivity index (χ0) is 17.5. The smallest absolute Gasteiger partial charge is 0.341 e. The van der Waals surface area contributed by atoms with Gasteiger partial charge in [-0.1, -0.05) is 12.1 Å². The Morgan fingerprint density at radius 2 is 1.92 bits per heavy atom. The summed E-state index contributed by atoms with van der Waals surface area (Å²) < 4.78 is 5.06. The third kappa shape index (κ3) is 5.05. The molecule has 0 spiro atoms. The Bertz CT molecular complexity index is 729. The highest BCUT2D eigenvalue weighted by molar-refractivity contribution is 5.94. The Morgan fingerprint density at radius 1 is 1.21 bits per heavy atom. The summed E-state index contributed by atoms with van der Waals surface area (Å²) in [7, 11) is 0. The highest BCUT2D eigenvalue weighted by atomic mass is 16.5. The Labute approximate surface area is 139 Å². The van der Waals surface area contributed by atoms with Crippen LogP contribution in [-0.4, -0.2) is 40.1 Å². The lowest BCUT2D eigenvalue weighted by atomic mass is 10.1. The van der Waals surface area contributed by atoms with Crippen LogP contribution in [0.4, 0.5) is 0 Å². The fourth-order valence-electron chi connectivity index (χ4n) is 2.12. The van der Waals surface area contributed by atoms with Crippen LogP contribution in [0.1, 0.15) is 27.4 Å². The number of ether oxygens (including phenoxy) is 1. The first-order valence-corrected chi connectivity index (χ1v) is 7.47. The summed E-state index contributed by atoms with van der Waals surface area (Å²) in [6.07, 6.45) is 2.18. The van der Waals surface area contributed by atoms with Crippen LogP contribution in [0.5, 0.6) is 5.75 Å². The number of aliphatic carboxylic acids is 1. The van der Waals surface area contributed by atoms with Crippen LogP contribution in [-0.2, 0) is 11.2 Å². The largest absolute Gasteiger partial charge is 0.482 e. The van der Waals surface area contributed by atoms with E-state index in [4.69, 9.17) is 9.84 Å². The molecule has 1 heterocycles. The lowest BCUT2D eigenvalue weighted by Crippen LogP contribution is -2.27. The second kappa shape index (κ2) is 8.05. The number of hydrogen-bond acceptors (Lipinski definition) is 5. The van der Waals surface area contributed by atoms with Crippen molar-refractivity contribution < 1.29 is 19.4 Å². The molecule has 126 valence electrons. The number of amides is 1. The van der Waals surface area contributed by atoms with Crippen LogP contribution >= 0.6 is 0 Å². The van der Waals surface area contributed by atoms with Crippen LogP contribution in [0.2, 0.25) is 0 Å². The first kappa shape index (κ1) is 17.4. The highest BCUT2D eigenvalue weighted by Crippen LogP contribution is 2.12. The van der Waals surface area contributed by atoms with Gasteiger partial charge in [0.15, 0.2) is 6.61 Å². The molecule has 7 heteroatoms. The summed E-state index contributed by atoms with van der Waals surface area (Å²) in [5.41, 5.74) is 2.13. The van der Waals surface area contributed by atoms with Crippen molar-refractivity contribution >= 4 is 11.9 Å². The maximum absolute atomic E-state index is 12.1. The molecule has 0 fully saturated rings. The molecule has 1 amide bonds. The second-order valence-corrected chi connectivity index (χ2v) is 5.25. The van der Waals surface area contributed by atoms with Gasteiger partial charge < -0.3 is 15.2 Å². The third-order valence-corrected chi connectivity index (χ3v) is 3.33. The zero-order valence-corrected chi connectivity index (χ0v) is 13.6. The molecule has 0 aliphatic carbocycles. The summed E-state index contributed by atoms with van der Waals surface area (Å²) in [5.74, 6) is -0.0852. The molecule has 0 unspecified atom stereocenters. The van der Waals surface area contributed by atoms with Crippen LogP contribution < -0.4 is 10.1 Å². The number of benzene rings is 1. The topological polar surface area (TPSA) is 101 Å². The minimum atomic E-state index is -1.02. The van der Waals surface area contributed by atoms with Gasteiger partial charge in [-0.05, 0) is 38.0 Å². The Morgan fingerprint density at radius 3 is 2.54 bits per heavy atom. The van der Waals surface area contributed by atoms with Crippen LogP contribution in [0, 0.1) is 13.8 Å². The molecular weight excluding hydrogens is 310 g/mol. The molecule has 2 rings (SSSR count). The molecule has 0 bridgehead atoms. The average molecular weight is 329 g/mol. The zero-order valence-electron chi connectivity index (χ0n) is 13.6. The Hall–Kier alpha value is -2.96. The normalized spacial score (nSPS) is 10.2. The molecule has 0 saturated heterocycles. The monoisotopic (exact) mass is 329 g/mol. The van der Waals surface area contributed by atoms with Crippen molar-refractivity contribution in [2.75, 3.05) is 13.2 Å². The van der Waals surface area contributed by atoms with E-state index < -0.39 is 5.97 Å². The quantitative estimate of drug-likeness (QED) is 0.799. The van der Waals surface area contributed by atoms with Gasteiger partial charge in [-0.2, -0.15) is 0 Å². The average Bonchev–Trinajstić information content (AvgIpc) is 2.54. The van der Waals surface area contributed by atoms with E-state index >= 15 is 0 Å². The first-order valence-electron chi connectivity index (χ1n) is 7.47. The predicted octanol–water partition coefficient (Wildman–Crippen LogP) is 1.53. The van der Waals surface area contributed by atoms with E-state index in [1.165, 1.54) is 6.20 Å². The highest BCUT2D eigenvalue weighted by Gasteiger charge is 2.10. The molecule has 24 heavy (non-hydrogen) atoms. The predicted molar refractivity (Wildman–Crippen MR) is 87.1 cm³/mol. The lowest BCUT2D eigenvalue weighted by Gasteiger charge is -2.08. The van der Waals surface area contributed by atoms with E-state index in [-0.39, 0.29) is 12.5 Å². The number of carbonyl (C=O) groups excluding carboxylic acids is 1. The minimum Gasteiger partial charge on any atom is -0.482 e. The van der Waals surface area contributed by atoms with Crippen LogP contribution in [0.15, 0.2) is 30.5 Å². The fraction of sp³-hybridized carbons (Fsp3) is 0.294. The molecule has 0 radical (unpaired) electrons. The summed E-state index contributed by atoms with van der Waals surface area (Å²) in [5, 5.41) is 11.4. The lowest BCUT2D eigenvalue weighted by molar-refractivity contribution is -0.139. The standard InChI is InChI=1S/C17H19N3O4/c1-11-15(9-19-12(2)20-11)17(23)18-8-7-13-3-5-14(6-4-13)24-10-16(21)22/h3-6,9H,7-8,10H2,1-2H3,(H,18,23)(H,21,22). The number of carboxylic acids is 1. The maximum atomic E-state index is 12.1. The van der Waals surface area contributed by atoms with Gasteiger partial charge in [-0.3, -0.25) is 4.79 Å². The van der Waals surface area contributed by atoms with Crippen molar-refractivity contribution in [2.24, 2.45) is 0 Å². The number of aromatic nitrogens is 2. The van der Waals surface area contributed by atoms with E-state index in [0.717, 1.165) is 5.56 Å². The van der Waals surface area contributed by atoms with E-state index in [0.29, 0.717) is 35.8 Å². The molecule has 7 nitrogen and oxygen atoms in total. The molecule has 0 aliphatic rings. The number of aryl methyl sites for hydroxylation is 2. The molecule has 0 saturated carbocycles. The molecule has 2 aromatic rings. The fourth-order valence-corrected chi connectivity index (χ4v) is 2.12. The molecular formula is C17H19N3O4. The number of nitrogens with one attached hydrogen (secondary N) is 1. The van der Waals surface area contributed by atoms with Gasteiger partial charge in [0, 0.05) is 12.7 Å². The Balaban J connectivity index is 1.83. The summed E-state index contributed by atoms with van der Waals surface area (Å²) in [6.45, 7) is 3.66.